The lowest BCUT2D eigenvalue weighted by atomic mass is 9.87. The Morgan fingerprint density at radius 2 is 1.79 bits per heavy atom. The van der Waals surface area contributed by atoms with E-state index >= 15 is 0 Å². The fourth-order valence-electron chi connectivity index (χ4n) is 3.52. The van der Waals surface area contributed by atoms with Gasteiger partial charge in [0, 0.05) is 7.05 Å². The Morgan fingerprint density at radius 3 is 2.28 bits per heavy atom. The molecule has 1 aromatic rings. The number of amides is 4. The molecule has 1 unspecified atom stereocenters. The molecule has 0 saturated carbocycles. The van der Waals surface area contributed by atoms with Crippen molar-refractivity contribution in [3.63, 3.8) is 0 Å². The standard InChI is InChI=1S/C20H25N3O6/c1-4-14(17(25)16-11(2)18(26)22-19(16)27)23(3)15(24)10-13(21-20(28)29)12-8-6-5-7-9-12/h5-9,11,13-14,16,21H,4,10H2,1-3H3,(H,28,29)(H,22,26,27)/t11-,13-,14?,16+/m0/s1. The minimum atomic E-state index is -1.27. The monoisotopic (exact) mass is 403 g/mol. The molecule has 0 spiro atoms. The molecule has 1 fully saturated rings. The highest BCUT2D eigenvalue weighted by Gasteiger charge is 2.46. The number of carboxylic acid groups (broad SMARTS) is 1. The third-order valence-corrected chi connectivity index (χ3v) is 5.20. The predicted molar refractivity (Wildman–Crippen MR) is 103 cm³/mol. The van der Waals surface area contributed by atoms with Crippen molar-refractivity contribution in [1.29, 1.82) is 0 Å². The topological polar surface area (TPSA) is 133 Å². The van der Waals surface area contributed by atoms with E-state index in [0.717, 1.165) is 0 Å². The van der Waals surface area contributed by atoms with Gasteiger partial charge in [-0.05, 0) is 12.0 Å². The van der Waals surface area contributed by atoms with E-state index in [1.807, 2.05) is 0 Å². The Balaban J connectivity index is 2.17. The van der Waals surface area contributed by atoms with E-state index in [1.54, 1.807) is 37.3 Å². The molecule has 3 N–H and O–H groups in total. The van der Waals surface area contributed by atoms with Crippen LogP contribution in [0.1, 0.15) is 38.3 Å². The lowest BCUT2D eigenvalue weighted by Gasteiger charge is -2.29. The average molecular weight is 403 g/mol. The first kappa shape index (κ1) is 22.1. The van der Waals surface area contributed by atoms with Crippen molar-refractivity contribution in [2.24, 2.45) is 11.8 Å². The van der Waals surface area contributed by atoms with E-state index in [0.29, 0.717) is 5.56 Å². The van der Waals surface area contributed by atoms with Crippen molar-refractivity contribution in [2.75, 3.05) is 7.05 Å². The highest BCUT2D eigenvalue weighted by Crippen LogP contribution is 2.25. The normalized spacial score (nSPS) is 20.5. The van der Waals surface area contributed by atoms with Crippen LogP contribution in [0, 0.1) is 11.8 Å². The summed E-state index contributed by atoms with van der Waals surface area (Å²) in [5.74, 6) is -4.04. The number of rotatable bonds is 8. The van der Waals surface area contributed by atoms with Crippen molar-refractivity contribution in [3.8, 4) is 0 Å². The molecule has 2 rings (SSSR count). The smallest absolute Gasteiger partial charge is 0.405 e. The molecule has 0 bridgehead atoms. The second kappa shape index (κ2) is 9.31. The van der Waals surface area contributed by atoms with Gasteiger partial charge in [0.2, 0.25) is 17.7 Å². The number of hydrogen-bond acceptors (Lipinski definition) is 5. The molecule has 0 radical (unpaired) electrons. The number of carbonyl (C=O) groups is 5. The Morgan fingerprint density at radius 1 is 1.17 bits per heavy atom. The van der Waals surface area contributed by atoms with Gasteiger partial charge in [-0.1, -0.05) is 44.2 Å². The number of ketones is 1. The second-order valence-electron chi connectivity index (χ2n) is 7.07. The maximum Gasteiger partial charge on any atom is 0.405 e. The molecular formula is C20H25N3O6. The molecule has 9 heteroatoms. The number of Topliss-reactive ketones (excluding diaryl/α,β-unsaturated/α-hetero) is 1. The Hall–Kier alpha value is -3.23. The van der Waals surface area contributed by atoms with E-state index in [-0.39, 0.29) is 12.8 Å². The van der Waals surface area contributed by atoms with Crippen LogP contribution in [-0.4, -0.2) is 52.7 Å². The number of carbonyl (C=O) groups excluding carboxylic acids is 4. The fraction of sp³-hybridized carbons (Fsp3) is 0.450. The molecule has 1 heterocycles. The van der Waals surface area contributed by atoms with Gasteiger partial charge in [0.1, 0.15) is 5.92 Å². The van der Waals surface area contributed by atoms with Crippen LogP contribution in [0.5, 0.6) is 0 Å². The van der Waals surface area contributed by atoms with Crippen molar-refractivity contribution in [2.45, 2.75) is 38.8 Å². The summed E-state index contributed by atoms with van der Waals surface area (Å²) in [6, 6.07) is 6.96. The number of nitrogens with zero attached hydrogens (tertiary/aromatic N) is 1. The van der Waals surface area contributed by atoms with Gasteiger partial charge >= 0.3 is 6.09 Å². The summed E-state index contributed by atoms with van der Waals surface area (Å²) in [7, 11) is 1.44. The molecule has 4 amide bonds. The lowest BCUT2D eigenvalue weighted by Crippen LogP contribution is -2.47. The summed E-state index contributed by atoms with van der Waals surface area (Å²) in [5.41, 5.74) is 0.616. The largest absolute Gasteiger partial charge is 0.465 e. The molecule has 1 aliphatic rings. The summed E-state index contributed by atoms with van der Waals surface area (Å²) in [6.07, 6.45) is -1.21. The van der Waals surface area contributed by atoms with Gasteiger partial charge in [0.15, 0.2) is 5.78 Å². The van der Waals surface area contributed by atoms with Crippen molar-refractivity contribution >= 4 is 29.6 Å². The van der Waals surface area contributed by atoms with Gasteiger partial charge in [0.25, 0.3) is 0 Å². The highest BCUT2D eigenvalue weighted by atomic mass is 16.4. The molecule has 4 atom stereocenters. The molecule has 1 aromatic carbocycles. The summed E-state index contributed by atoms with van der Waals surface area (Å²) in [4.78, 5) is 61.8. The zero-order valence-corrected chi connectivity index (χ0v) is 16.5. The van der Waals surface area contributed by atoms with E-state index in [2.05, 4.69) is 10.6 Å². The summed E-state index contributed by atoms with van der Waals surface area (Å²) >= 11 is 0. The van der Waals surface area contributed by atoms with E-state index in [9.17, 15) is 24.0 Å². The van der Waals surface area contributed by atoms with Crippen molar-refractivity contribution in [1.82, 2.24) is 15.5 Å². The van der Waals surface area contributed by atoms with Gasteiger partial charge in [-0.25, -0.2) is 4.79 Å². The first-order valence-electron chi connectivity index (χ1n) is 9.35. The number of benzene rings is 1. The Labute approximate surface area is 168 Å². The third kappa shape index (κ3) is 4.98. The van der Waals surface area contributed by atoms with Crippen LogP contribution < -0.4 is 10.6 Å². The zero-order chi connectivity index (χ0) is 21.7. The van der Waals surface area contributed by atoms with Gasteiger partial charge in [-0.15, -0.1) is 0 Å². The maximum absolute atomic E-state index is 12.9. The summed E-state index contributed by atoms with van der Waals surface area (Å²) in [6.45, 7) is 3.20. The van der Waals surface area contributed by atoms with Gasteiger partial charge in [-0.3, -0.25) is 24.5 Å². The molecule has 1 aliphatic heterocycles. The minimum Gasteiger partial charge on any atom is -0.465 e. The molecule has 0 aromatic heterocycles. The summed E-state index contributed by atoms with van der Waals surface area (Å²) < 4.78 is 0. The number of nitrogens with one attached hydrogen (secondary N) is 2. The average Bonchev–Trinajstić information content (AvgIpc) is 2.93. The van der Waals surface area contributed by atoms with Crippen LogP contribution in [0.15, 0.2) is 30.3 Å². The molecule has 9 nitrogen and oxygen atoms in total. The lowest BCUT2D eigenvalue weighted by molar-refractivity contribution is -0.143. The first-order chi connectivity index (χ1) is 13.7. The first-order valence-corrected chi connectivity index (χ1v) is 9.35. The molecular weight excluding hydrogens is 378 g/mol. The predicted octanol–water partition coefficient (Wildman–Crippen LogP) is 1.10. The van der Waals surface area contributed by atoms with E-state index in [1.165, 1.54) is 18.9 Å². The highest BCUT2D eigenvalue weighted by molar-refractivity contribution is 6.16. The molecule has 29 heavy (non-hydrogen) atoms. The Kier molecular flexibility index (Phi) is 7.08. The van der Waals surface area contributed by atoms with Gasteiger partial charge < -0.3 is 15.3 Å². The van der Waals surface area contributed by atoms with Crippen LogP contribution in [0.25, 0.3) is 0 Å². The maximum atomic E-state index is 12.9. The molecule has 156 valence electrons. The second-order valence-corrected chi connectivity index (χ2v) is 7.07. The quantitative estimate of drug-likeness (QED) is 0.440. The van der Waals surface area contributed by atoms with Crippen LogP contribution in [0.4, 0.5) is 4.79 Å². The molecule has 0 aliphatic carbocycles. The summed E-state index contributed by atoms with van der Waals surface area (Å²) in [5, 5.41) is 13.6. The van der Waals surface area contributed by atoms with E-state index in [4.69, 9.17) is 5.11 Å². The zero-order valence-electron chi connectivity index (χ0n) is 16.5. The molecule has 1 saturated heterocycles. The van der Waals surface area contributed by atoms with Gasteiger partial charge in [0.05, 0.1) is 24.4 Å². The SMILES string of the molecule is CCC(C(=O)[C@@H]1C(=O)NC(=O)[C@H]1C)N(C)C(=O)C[C@H](NC(=O)O)c1ccccc1. The number of likely N-dealkylation sites (N-methyl/N-ethyl adjacent to an activating group) is 1. The van der Waals surface area contributed by atoms with Crippen LogP contribution >= 0.6 is 0 Å². The fourth-order valence-corrected chi connectivity index (χ4v) is 3.52. The van der Waals surface area contributed by atoms with E-state index < -0.39 is 53.5 Å². The number of imide groups is 1. The van der Waals surface area contributed by atoms with Crippen LogP contribution in [0.2, 0.25) is 0 Å². The van der Waals surface area contributed by atoms with Gasteiger partial charge in [-0.2, -0.15) is 0 Å². The van der Waals surface area contributed by atoms with Crippen molar-refractivity contribution < 1.29 is 29.1 Å². The van der Waals surface area contributed by atoms with Crippen molar-refractivity contribution in [3.05, 3.63) is 35.9 Å². The Bertz CT molecular complexity index is 810. The number of hydrogen-bond donors (Lipinski definition) is 3. The minimum absolute atomic E-state index is 0.193. The third-order valence-electron chi connectivity index (χ3n) is 5.20. The van der Waals surface area contributed by atoms with Crippen LogP contribution in [-0.2, 0) is 19.2 Å². The van der Waals surface area contributed by atoms with Crippen LogP contribution in [0.3, 0.4) is 0 Å².